The molecule has 1 N–H and O–H groups in total. The van der Waals surface area contributed by atoms with E-state index in [1.54, 1.807) is 36.4 Å². The lowest BCUT2D eigenvalue weighted by atomic mass is 9.83. The number of imide groups is 1. The van der Waals surface area contributed by atoms with Crippen LogP contribution in [0.25, 0.3) is 10.8 Å². The van der Waals surface area contributed by atoms with Crippen molar-refractivity contribution in [2.24, 2.45) is 5.92 Å². The Hall–Kier alpha value is -3.70. The van der Waals surface area contributed by atoms with Crippen molar-refractivity contribution < 1.29 is 14.4 Å². The minimum absolute atomic E-state index is 0.228. The largest absolute Gasteiger partial charge is 0.325 e. The molecule has 1 saturated heterocycles. The zero-order valence-electron chi connectivity index (χ0n) is 22.2. The molecule has 0 aliphatic carbocycles. The molecule has 5 aromatic rings. The van der Waals surface area contributed by atoms with Gasteiger partial charge in [0, 0.05) is 26.0 Å². The average Bonchev–Trinajstić information content (AvgIpc) is 3.44. The van der Waals surface area contributed by atoms with Crippen LogP contribution >= 0.6 is 50.6 Å². The smallest absolute Gasteiger partial charge is 0.308 e. The van der Waals surface area contributed by atoms with E-state index < -0.39 is 17.1 Å². The summed E-state index contributed by atoms with van der Waals surface area (Å²) in [6, 6.07) is 27.6. The molecule has 43 heavy (non-hydrogen) atoms. The molecule has 3 atom stereocenters. The number of benzene rings is 4. The Balaban J connectivity index is 1.26. The van der Waals surface area contributed by atoms with Gasteiger partial charge in [-0.1, -0.05) is 93.1 Å². The highest BCUT2D eigenvalue weighted by Gasteiger charge is 2.56. The molecule has 3 heterocycles. The fraction of sp³-hybridized carbons (Fsp3) is 0.125. The van der Waals surface area contributed by atoms with Crippen LogP contribution in [0.5, 0.6) is 0 Å². The van der Waals surface area contributed by atoms with Gasteiger partial charge in [0.05, 0.1) is 16.6 Å². The Morgan fingerprint density at radius 2 is 1.60 bits per heavy atom. The summed E-state index contributed by atoms with van der Waals surface area (Å²) in [6.45, 7) is -0.228. The highest BCUT2D eigenvalue weighted by atomic mass is 79.9. The maximum absolute atomic E-state index is 14.0. The zero-order valence-corrected chi connectivity index (χ0v) is 26.2. The monoisotopic (exact) mass is 689 g/mol. The van der Waals surface area contributed by atoms with E-state index in [1.165, 1.54) is 21.2 Å². The van der Waals surface area contributed by atoms with Crippen molar-refractivity contribution in [1.82, 2.24) is 4.57 Å². The van der Waals surface area contributed by atoms with Gasteiger partial charge in [0.2, 0.25) is 17.7 Å². The van der Waals surface area contributed by atoms with Crippen LogP contribution in [0.3, 0.4) is 0 Å². The number of hydrogen-bond donors (Lipinski definition) is 1. The van der Waals surface area contributed by atoms with E-state index in [0.717, 1.165) is 32.1 Å². The number of hydrogen-bond acceptors (Lipinski definition) is 6. The number of carbonyl (C=O) groups is 3. The van der Waals surface area contributed by atoms with Gasteiger partial charge < -0.3 is 5.32 Å². The fourth-order valence-corrected chi connectivity index (χ4v) is 8.90. The number of amides is 3. The molecule has 214 valence electrons. The van der Waals surface area contributed by atoms with Crippen LogP contribution in [0, 0.1) is 5.92 Å². The van der Waals surface area contributed by atoms with Gasteiger partial charge in [0.25, 0.3) is 0 Å². The van der Waals surface area contributed by atoms with Crippen molar-refractivity contribution in [2.45, 2.75) is 22.7 Å². The summed E-state index contributed by atoms with van der Waals surface area (Å²) in [5.74, 6) is -2.32. The summed E-state index contributed by atoms with van der Waals surface area (Å²) < 4.78 is 2.24. The molecule has 0 spiro atoms. The van der Waals surface area contributed by atoms with Crippen molar-refractivity contribution in [3.05, 3.63) is 121 Å². The maximum atomic E-state index is 14.0. The van der Waals surface area contributed by atoms with Crippen LogP contribution in [0.1, 0.15) is 16.4 Å². The highest BCUT2D eigenvalue weighted by molar-refractivity contribution is 9.10. The first-order valence-electron chi connectivity index (χ1n) is 13.4. The van der Waals surface area contributed by atoms with E-state index in [1.807, 2.05) is 54.6 Å². The van der Waals surface area contributed by atoms with Gasteiger partial charge in [-0.15, -0.1) is 0 Å². The molecule has 3 unspecified atom stereocenters. The number of rotatable bonds is 5. The van der Waals surface area contributed by atoms with Gasteiger partial charge >= 0.3 is 4.87 Å². The Morgan fingerprint density at radius 1 is 0.884 bits per heavy atom. The van der Waals surface area contributed by atoms with Crippen LogP contribution in [0.15, 0.2) is 105 Å². The standard InChI is InChI=1S/C32H21BrClN3O4S2/c33-20-8-13-23(14-9-20)37-29(39)26-25(18-5-10-21(34)11-6-18)28-31(42-27(26)30(37)40)36(32(41)43-28)16-24(38)35-22-12-7-17-3-1-2-4-19(17)15-22/h1-15,25-27H,16H2,(H,35,38). The zero-order chi connectivity index (χ0) is 29.8. The van der Waals surface area contributed by atoms with Crippen LogP contribution < -0.4 is 15.1 Å². The van der Waals surface area contributed by atoms with Gasteiger partial charge in [-0.05, 0) is 64.9 Å². The third kappa shape index (κ3) is 5.02. The Morgan fingerprint density at radius 3 is 2.35 bits per heavy atom. The van der Waals surface area contributed by atoms with Crippen molar-refractivity contribution in [1.29, 1.82) is 0 Å². The van der Waals surface area contributed by atoms with Gasteiger partial charge in [-0.3, -0.25) is 23.7 Å². The predicted octanol–water partition coefficient (Wildman–Crippen LogP) is 6.91. The minimum Gasteiger partial charge on any atom is -0.325 e. The topological polar surface area (TPSA) is 88.5 Å². The van der Waals surface area contributed by atoms with E-state index in [0.29, 0.717) is 26.3 Å². The van der Waals surface area contributed by atoms with Crippen LogP contribution in [-0.4, -0.2) is 27.5 Å². The summed E-state index contributed by atoms with van der Waals surface area (Å²) in [7, 11) is 0. The second kappa shape index (κ2) is 11.1. The minimum atomic E-state index is -0.770. The molecule has 1 fully saturated rings. The molecule has 7 rings (SSSR count). The van der Waals surface area contributed by atoms with Crippen LogP contribution in [0.4, 0.5) is 11.4 Å². The molecule has 1 aromatic heterocycles. The Kier molecular flexibility index (Phi) is 7.25. The number of thiazole rings is 1. The lowest BCUT2D eigenvalue weighted by Gasteiger charge is -2.30. The second-order valence-corrected chi connectivity index (χ2v) is 13.8. The third-order valence-corrected chi connectivity index (χ3v) is 11.1. The lowest BCUT2D eigenvalue weighted by molar-refractivity contribution is -0.122. The fourth-order valence-electron chi connectivity index (χ4n) is 5.74. The number of nitrogens with zero attached hydrogens (tertiary/aromatic N) is 2. The van der Waals surface area contributed by atoms with Gasteiger partial charge in [0.1, 0.15) is 11.8 Å². The number of halogens is 2. The first kappa shape index (κ1) is 28.1. The molecular weight excluding hydrogens is 670 g/mol. The van der Waals surface area contributed by atoms with Gasteiger partial charge in [-0.25, -0.2) is 4.90 Å². The number of fused-ring (bicyclic) bond motifs is 3. The molecule has 3 amide bonds. The molecule has 0 radical (unpaired) electrons. The van der Waals surface area contributed by atoms with E-state index in [-0.39, 0.29) is 29.1 Å². The van der Waals surface area contributed by atoms with Gasteiger partial charge in [0.15, 0.2) is 0 Å². The van der Waals surface area contributed by atoms with E-state index >= 15 is 0 Å². The maximum Gasteiger partial charge on any atom is 0.308 e. The van der Waals surface area contributed by atoms with Crippen LogP contribution in [-0.2, 0) is 20.9 Å². The molecule has 2 aliphatic rings. The molecular formula is C32H21BrClN3O4S2. The summed E-state index contributed by atoms with van der Waals surface area (Å²) in [6.07, 6.45) is 0. The summed E-state index contributed by atoms with van der Waals surface area (Å²) in [5.41, 5.74) is 1.88. The Bertz CT molecular complexity index is 1990. The summed E-state index contributed by atoms with van der Waals surface area (Å²) in [4.78, 5) is 56.0. The average molecular weight is 691 g/mol. The Labute approximate surface area is 267 Å². The predicted molar refractivity (Wildman–Crippen MR) is 174 cm³/mol. The summed E-state index contributed by atoms with van der Waals surface area (Å²) >= 11 is 11.8. The summed E-state index contributed by atoms with van der Waals surface area (Å²) in [5, 5.41) is 5.23. The van der Waals surface area contributed by atoms with Crippen molar-refractivity contribution in [3.63, 3.8) is 0 Å². The van der Waals surface area contributed by atoms with E-state index in [4.69, 9.17) is 11.6 Å². The quantitative estimate of drug-likeness (QED) is 0.203. The van der Waals surface area contributed by atoms with Crippen molar-refractivity contribution >= 4 is 90.5 Å². The molecule has 4 aromatic carbocycles. The molecule has 11 heteroatoms. The lowest BCUT2D eigenvalue weighted by Crippen LogP contribution is -2.33. The molecule has 2 aliphatic heterocycles. The number of anilines is 2. The third-order valence-electron chi connectivity index (χ3n) is 7.70. The van der Waals surface area contributed by atoms with Crippen LogP contribution in [0.2, 0.25) is 5.02 Å². The first-order chi connectivity index (χ1) is 20.8. The second-order valence-electron chi connectivity index (χ2n) is 10.3. The van der Waals surface area contributed by atoms with Gasteiger partial charge in [-0.2, -0.15) is 0 Å². The van der Waals surface area contributed by atoms with Crippen molar-refractivity contribution in [3.8, 4) is 0 Å². The first-order valence-corrected chi connectivity index (χ1v) is 16.2. The number of aromatic nitrogens is 1. The van der Waals surface area contributed by atoms with E-state index in [9.17, 15) is 19.2 Å². The normalized spacial score (nSPS) is 19.4. The molecule has 0 saturated carbocycles. The SMILES string of the molecule is O=C(Cn1c2c(sc1=O)C(c1ccc(Cl)cc1)C1C(=O)N(c3ccc(Br)cc3)C(=O)C1S2)Nc1ccc2ccccc2c1. The number of nitrogens with one attached hydrogen (secondary N) is 1. The highest BCUT2D eigenvalue weighted by Crippen LogP contribution is 2.54. The number of carbonyl (C=O) groups excluding carboxylic acids is 3. The number of thioether (sulfide) groups is 1. The van der Waals surface area contributed by atoms with Crippen molar-refractivity contribution in [2.75, 3.05) is 10.2 Å². The molecule has 0 bridgehead atoms. The molecule has 7 nitrogen and oxygen atoms in total. The van der Waals surface area contributed by atoms with E-state index in [2.05, 4.69) is 21.2 Å².